The molecule has 0 aliphatic carbocycles. The quantitative estimate of drug-likeness (QED) is 0.419. The molecule has 0 saturated heterocycles. The van der Waals surface area contributed by atoms with Crippen LogP contribution in [-0.4, -0.2) is 22.7 Å². The molecule has 5 nitrogen and oxygen atoms in total. The molecule has 0 aliphatic rings. The Morgan fingerprint density at radius 3 is 2.28 bits per heavy atom. The molecule has 0 radical (unpaired) electrons. The predicted molar refractivity (Wildman–Crippen MR) is 123 cm³/mol. The topological polar surface area (TPSA) is 70.6 Å². The van der Waals surface area contributed by atoms with Crippen molar-refractivity contribution in [1.82, 2.24) is 5.32 Å². The van der Waals surface area contributed by atoms with E-state index in [1.807, 2.05) is 34.6 Å². The maximum Gasteiger partial charge on any atom is 0.264 e. The maximum absolute atomic E-state index is 12.2. The molecule has 8 heteroatoms. The second-order valence-corrected chi connectivity index (χ2v) is 8.96. The Hall–Kier alpha value is -2.02. The normalized spacial score (nSPS) is 11.1. The first kappa shape index (κ1) is 23.3. The van der Waals surface area contributed by atoms with Gasteiger partial charge in [-0.3, -0.25) is 10.1 Å². The van der Waals surface area contributed by atoms with Crippen LogP contribution < -0.4 is 15.4 Å². The Morgan fingerprint density at radius 2 is 1.72 bits per heavy atom. The van der Waals surface area contributed by atoms with Crippen LogP contribution in [0.5, 0.6) is 11.5 Å². The van der Waals surface area contributed by atoms with Gasteiger partial charge >= 0.3 is 0 Å². The SMILES string of the molecule is Cc1cc(OCC(=O)NC(=S)Nc2cc(C(C)(C)C)cc(Cl)c2O)cc(C)c1Cl. The van der Waals surface area contributed by atoms with Crippen LogP contribution in [0.4, 0.5) is 5.69 Å². The number of nitrogens with one attached hydrogen (secondary N) is 2. The van der Waals surface area contributed by atoms with Gasteiger partial charge in [-0.2, -0.15) is 0 Å². The molecular formula is C21H24Cl2N2O3S. The molecule has 2 rings (SSSR count). The number of hydrogen-bond donors (Lipinski definition) is 3. The van der Waals surface area contributed by atoms with Gasteiger partial charge < -0.3 is 15.2 Å². The summed E-state index contributed by atoms with van der Waals surface area (Å²) >= 11 is 17.4. The lowest BCUT2D eigenvalue weighted by Gasteiger charge is -2.21. The van der Waals surface area contributed by atoms with E-state index >= 15 is 0 Å². The molecule has 0 aliphatic heterocycles. The van der Waals surface area contributed by atoms with E-state index in [-0.39, 0.29) is 27.9 Å². The van der Waals surface area contributed by atoms with E-state index in [4.69, 9.17) is 40.2 Å². The fourth-order valence-corrected chi connectivity index (χ4v) is 3.13. The molecule has 29 heavy (non-hydrogen) atoms. The largest absolute Gasteiger partial charge is 0.504 e. The van der Waals surface area contributed by atoms with Crippen LogP contribution in [0, 0.1) is 13.8 Å². The Bertz CT molecular complexity index is 933. The number of anilines is 1. The van der Waals surface area contributed by atoms with E-state index in [0.717, 1.165) is 16.7 Å². The predicted octanol–water partition coefficient (Wildman–Crippen LogP) is 5.51. The summed E-state index contributed by atoms with van der Waals surface area (Å²) in [6.45, 7) is 9.58. The third-order valence-corrected chi connectivity index (χ3v) is 5.30. The molecule has 0 heterocycles. The molecule has 0 aromatic heterocycles. The third kappa shape index (κ3) is 6.23. The highest BCUT2D eigenvalue weighted by Gasteiger charge is 2.19. The molecule has 0 atom stereocenters. The standard InChI is InChI=1S/C21H24Cl2N2O3S/c1-11-6-14(7-12(2)18(11)23)28-10-17(26)25-20(29)24-16-9-13(21(3,4)5)8-15(22)19(16)27/h6-9,27H,10H2,1-5H3,(H2,24,25,26,29). The molecule has 0 spiro atoms. The second kappa shape index (κ2) is 9.20. The smallest absolute Gasteiger partial charge is 0.264 e. The zero-order chi connectivity index (χ0) is 21.9. The lowest BCUT2D eigenvalue weighted by molar-refractivity contribution is -0.121. The fourth-order valence-electron chi connectivity index (χ4n) is 2.58. The zero-order valence-electron chi connectivity index (χ0n) is 16.9. The monoisotopic (exact) mass is 454 g/mol. The number of phenols is 1. The summed E-state index contributed by atoms with van der Waals surface area (Å²) in [4.78, 5) is 12.2. The van der Waals surface area contributed by atoms with E-state index in [1.165, 1.54) is 0 Å². The number of aromatic hydroxyl groups is 1. The Kier molecular flexibility index (Phi) is 7.38. The van der Waals surface area contributed by atoms with Gasteiger partial charge in [0.05, 0.1) is 10.7 Å². The number of hydrogen-bond acceptors (Lipinski definition) is 4. The number of phenolic OH excluding ortho intramolecular Hbond substituents is 1. The van der Waals surface area contributed by atoms with Crippen molar-refractivity contribution < 1.29 is 14.6 Å². The van der Waals surface area contributed by atoms with Gasteiger partial charge in [-0.15, -0.1) is 0 Å². The first-order chi connectivity index (χ1) is 13.4. The Morgan fingerprint density at radius 1 is 1.14 bits per heavy atom. The van der Waals surface area contributed by atoms with E-state index < -0.39 is 5.91 Å². The van der Waals surface area contributed by atoms with E-state index in [2.05, 4.69) is 10.6 Å². The number of rotatable bonds is 4. The average molecular weight is 455 g/mol. The molecule has 1 amide bonds. The number of ether oxygens (including phenoxy) is 1. The van der Waals surface area contributed by atoms with Gasteiger partial charge in [0.15, 0.2) is 17.5 Å². The van der Waals surface area contributed by atoms with Gasteiger partial charge in [0.1, 0.15) is 5.75 Å². The zero-order valence-corrected chi connectivity index (χ0v) is 19.3. The van der Waals surface area contributed by atoms with Crippen LogP contribution in [0.3, 0.4) is 0 Å². The fraction of sp³-hybridized carbons (Fsp3) is 0.333. The minimum atomic E-state index is -0.440. The lowest BCUT2D eigenvalue weighted by atomic mass is 9.87. The third-order valence-electron chi connectivity index (χ3n) is 4.21. The summed E-state index contributed by atoms with van der Waals surface area (Å²) in [5.74, 6) is -0.0364. The summed E-state index contributed by atoms with van der Waals surface area (Å²) in [5.41, 5.74) is 2.78. The Balaban J connectivity index is 2.00. The van der Waals surface area contributed by atoms with E-state index in [9.17, 15) is 9.90 Å². The van der Waals surface area contributed by atoms with Crippen LogP contribution in [0.2, 0.25) is 10.0 Å². The van der Waals surface area contributed by atoms with Gasteiger partial charge in [0.25, 0.3) is 5.91 Å². The molecule has 3 N–H and O–H groups in total. The molecule has 0 fully saturated rings. The van der Waals surface area contributed by atoms with Crippen molar-refractivity contribution in [2.24, 2.45) is 0 Å². The summed E-state index contributed by atoms with van der Waals surface area (Å²) in [7, 11) is 0. The van der Waals surface area contributed by atoms with Crippen molar-refractivity contribution in [3.8, 4) is 11.5 Å². The molecule has 0 unspecified atom stereocenters. The first-order valence-electron chi connectivity index (χ1n) is 8.92. The summed E-state index contributed by atoms with van der Waals surface area (Å²) in [6, 6.07) is 6.97. The van der Waals surface area contributed by atoms with Crippen molar-refractivity contribution >= 4 is 52.1 Å². The van der Waals surface area contributed by atoms with Gasteiger partial charge in [-0.05, 0) is 72.4 Å². The van der Waals surface area contributed by atoms with Crippen LogP contribution in [-0.2, 0) is 10.2 Å². The van der Waals surface area contributed by atoms with Crippen molar-refractivity contribution in [2.45, 2.75) is 40.0 Å². The number of halogens is 2. The summed E-state index contributed by atoms with van der Waals surface area (Å²) in [6.07, 6.45) is 0. The van der Waals surface area contributed by atoms with Crippen molar-refractivity contribution in [2.75, 3.05) is 11.9 Å². The van der Waals surface area contributed by atoms with Crippen molar-refractivity contribution in [3.63, 3.8) is 0 Å². The maximum atomic E-state index is 12.2. The second-order valence-electron chi connectivity index (χ2n) is 7.77. The number of carbonyl (C=O) groups excluding carboxylic acids is 1. The van der Waals surface area contributed by atoms with Gasteiger partial charge in [-0.25, -0.2) is 0 Å². The van der Waals surface area contributed by atoms with Crippen LogP contribution >= 0.6 is 35.4 Å². The molecule has 156 valence electrons. The summed E-state index contributed by atoms with van der Waals surface area (Å²) < 4.78 is 5.51. The molecule has 0 bridgehead atoms. The number of thiocarbonyl (C=S) groups is 1. The van der Waals surface area contributed by atoms with Gasteiger partial charge in [-0.1, -0.05) is 44.0 Å². The number of aryl methyl sites for hydroxylation is 2. The van der Waals surface area contributed by atoms with Crippen LogP contribution in [0.15, 0.2) is 24.3 Å². The molecule has 0 saturated carbocycles. The molecule has 2 aromatic rings. The number of benzene rings is 2. The van der Waals surface area contributed by atoms with E-state index in [1.54, 1.807) is 24.3 Å². The van der Waals surface area contributed by atoms with Gasteiger partial charge in [0.2, 0.25) is 0 Å². The first-order valence-corrected chi connectivity index (χ1v) is 10.1. The van der Waals surface area contributed by atoms with Gasteiger partial charge in [0, 0.05) is 5.02 Å². The highest BCUT2D eigenvalue weighted by molar-refractivity contribution is 7.80. The number of amides is 1. The molecular weight excluding hydrogens is 431 g/mol. The Labute approximate surface area is 186 Å². The van der Waals surface area contributed by atoms with Crippen LogP contribution in [0.25, 0.3) is 0 Å². The number of carbonyl (C=O) groups is 1. The van der Waals surface area contributed by atoms with Crippen molar-refractivity contribution in [3.05, 3.63) is 51.0 Å². The highest BCUT2D eigenvalue weighted by Crippen LogP contribution is 2.37. The minimum absolute atomic E-state index is 0.0273. The average Bonchev–Trinajstić information content (AvgIpc) is 2.60. The van der Waals surface area contributed by atoms with Crippen LogP contribution in [0.1, 0.15) is 37.5 Å². The van der Waals surface area contributed by atoms with Crippen molar-refractivity contribution in [1.29, 1.82) is 0 Å². The van der Waals surface area contributed by atoms with E-state index in [0.29, 0.717) is 16.5 Å². The highest BCUT2D eigenvalue weighted by atomic mass is 35.5. The minimum Gasteiger partial charge on any atom is -0.504 e. The summed E-state index contributed by atoms with van der Waals surface area (Å²) in [5, 5.41) is 16.4. The molecule has 2 aromatic carbocycles. The lowest BCUT2D eigenvalue weighted by Crippen LogP contribution is -2.37.